The van der Waals surface area contributed by atoms with Crippen molar-refractivity contribution >= 4 is 6.29 Å². The molecule has 3 aromatic rings. The Hall–Kier alpha value is -2.94. The van der Waals surface area contributed by atoms with E-state index in [4.69, 9.17) is 4.74 Å². The fourth-order valence-electron chi connectivity index (χ4n) is 3.10. The van der Waals surface area contributed by atoms with Crippen LogP contribution in [0.25, 0.3) is 0 Å². The minimum absolute atomic E-state index is 0.267. The van der Waals surface area contributed by atoms with Crippen molar-refractivity contribution in [2.24, 2.45) is 0 Å². The van der Waals surface area contributed by atoms with Crippen LogP contribution in [0.4, 0.5) is 4.39 Å². The summed E-state index contributed by atoms with van der Waals surface area (Å²) in [5, 5.41) is 0. The fourth-order valence-corrected chi connectivity index (χ4v) is 3.10. The van der Waals surface area contributed by atoms with Gasteiger partial charge in [0.2, 0.25) is 0 Å². The molecule has 0 aliphatic carbocycles. The van der Waals surface area contributed by atoms with Gasteiger partial charge in [0.05, 0.1) is 7.11 Å². The second-order valence-electron chi connectivity index (χ2n) is 6.10. The van der Waals surface area contributed by atoms with Crippen molar-refractivity contribution in [3.8, 4) is 5.75 Å². The maximum atomic E-state index is 13.4. The Balaban J connectivity index is 2.18. The van der Waals surface area contributed by atoms with Gasteiger partial charge in [0.15, 0.2) is 0 Å². The molecule has 0 N–H and O–H groups in total. The number of hydrogen-bond acceptors (Lipinski definition) is 2. The van der Waals surface area contributed by atoms with E-state index in [9.17, 15) is 9.18 Å². The van der Waals surface area contributed by atoms with Crippen LogP contribution in [0.1, 0.15) is 34.0 Å². The zero-order chi connectivity index (χ0) is 17.9. The lowest BCUT2D eigenvalue weighted by Gasteiger charge is -2.32. The Bertz CT molecular complexity index is 852. The van der Waals surface area contributed by atoms with Crippen molar-refractivity contribution in [3.05, 3.63) is 101 Å². The molecule has 0 bridgehead atoms. The number of hydrogen-bond donors (Lipinski definition) is 0. The van der Waals surface area contributed by atoms with Crippen LogP contribution in [0.5, 0.6) is 5.75 Å². The summed E-state index contributed by atoms with van der Waals surface area (Å²) in [6.45, 7) is 2.10. The van der Waals surface area contributed by atoms with E-state index in [0.29, 0.717) is 5.56 Å². The largest absolute Gasteiger partial charge is 0.497 e. The molecular formula is C22H19FO2. The van der Waals surface area contributed by atoms with Gasteiger partial charge in [-0.15, -0.1) is 0 Å². The van der Waals surface area contributed by atoms with E-state index >= 15 is 0 Å². The van der Waals surface area contributed by atoms with E-state index in [1.165, 1.54) is 12.1 Å². The third kappa shape index (κ3) is 3.18. The van der Waals surface area contributed by atoms with E-state index in [1.54, 1.807) is 31.4 Å². The second kappa shape index (κ2) is 6.89. The molecule has 0 heterocycles. The molecule has 0 aromatic heterocycles. The summed E-state index contributed by atoms with van der Waals surface area (Å²) < 4.78 is 18.7. The predicted octanol–water partition coefficient (Wildman–Crippen LogP) is 5.00. The van der Waals surface area contributed by atoms with E-state index in [0.717, 1.165) is 28.7 Å². The highest BCUT2D eigenvalue weighted by atomic mass is 19.1. The van der Waals surface area contributed by atoms with E-state index in [2.05, 4.69) is 6.92 Å². The number of carbonyl (C=O) groups is 1. The summed E-state index contributed by atoms with van der Waals surface area (Å²) in [4.78, 5) is 11.0. The Kier molecular flexibility index (Phi) is 4.66. The molecule has 0 fully saturated rings. The lowest BCUT2D eigenvalue weighted by atomic mass is 9.71. The maximum Gasteiger partial charge on any atom is 0.150 e. The predicted molar refractivity (Wildman–Crippen MR) is 96.8 cm³/mol. The van der Waals surface area contributed by atoms with Crippen LogP contribution in [0, 0.1) is 5.82 Å². The molecule has 0 saturated carbocycles. The zero-order valence-corrected chi connectivity index (χ0v) is 14.2. The number of halogens is 1. The molecule has 3 heteroatoms. The first kappa shape index (κ1) is 16.9. The Labute approximate surface area is 146 Å². The fraction of sp³-hybridized carbons (Fsp3) is 0.136. The molecule has 3 rings (SSSR count). The quantitative estimate of drug-likeness (QED) is 0.485. The summed E-state index contributed by atoms with van der Waals surface area (Å²) in [6.07, 6.45) is 0.826. The lowest BCUT2D eigenvalue weighted by molar-refractivity contribution is 0.112. The molecule has 2 nitrogen and oxygen atoms in total. The molecule has 3 aromatic carbocycles. The molecule has 0 spiro atoms. The number of ether oxygens (including phenoxy) is 1. The smallest absolute Gasteiger partial charge is 0.150 e. The topological polar surface area (TPSA) is 26.3 Å². The van der Waals surface area contributed by atoms with E-state index < -0.39 is 5.41 Å². The minimum Gasteiger partial charge on any atom is -0.497 e. The Morgan fingerprint density at radius 3 is 1.68 bits per heavy atom. The van der Waals surface area contributed by atoms with Gasteiger partial charge in [-0.05, 0) is 47.9 Å². The SMILES string of the molecule is COc1ccc(C(C)(c2ccc(F)cc2)c2ccc(C=O)cc2)cc1. The molecule has 0 amide bonds. The van der Waals surface area contributed by atoms with Crippen LogP contribution in [0.2, 0.25) is 0 Å². The summed E-state index contributed by atoms with van der Waals surface area (Å²) in [5.74, 6) is 0.513. The van der Waals surface area contributed by atoms with Gasteiger partial charge in [-0.2, -0.15) is 0 Å². The second-order valence-corrected chi connectivity index (χ2v) is 6.10. The molecule has 0 aliphatic heterocycles. The van der Waals surface area contributed by atoms with Crippen molar-refractivity contribution in [3.63, 3.8) is 0 Å². The third-order valence-corrected chi connectivity index (χ3v) is 4.71. The number of benzene rings is 3. The summed E-state index contributed by atoms with van der Waals surface area (Å²) >= 11 is 0. The highest BCUT2D eigenvalue weighted by Gasteiger charge is 2.31. The zero-order valence-electron chi connectivity index (χ0n) is 14.2. The standard InChI is InChI=1S/C22H19FO2/c1-22(18-7-11-20(23)12-8-18,17-5-3-16(15-24)4-6-17)19-9-13-21(25-2)14-10-19/h3-15H,1-2H3. The van der Waals surface area contributed by atoms with Crippen LogP contribution < -0.4 is 4.74 Å². The van der Waals surface area contributed by atoms with Gasteiger partial charge >= 0.3 is 0 Å². The van der Waals surface area contributed by atoms with Crippen molar-refractivity contribution in [1.29, 1.82) is 0 Å². The first-order valence-corrected chi connectivity index (χ1v) is 8.04. The molecule has 1 unspecified atom stereocenters. The van der Waals surface area contributed by atoms with Gasteiger partial charge in [0, 0.05) is 11.0 Å². The van der Waals surface area contributed by atoms with Crippen molar-refractivity contribution < 1.29 is 13.9 Å². The molecule has 0 radical (unpaired) electrons. The van der Waals surface area contributed by atoms with Gasteiger partial charge in [-0.25, -0.2) is 4.39 Å². The summed E-state index contributed by atoms with van der Waals surface area (Å²) in [5.41, 5.74) is 3.19. The average Bonchev–Trinajstić information content (AvgIpc) is 2.68. The first-order valence-electron chi connectivity index (χ1n) is 8.04. The first-order chi connectivity index (χ1) is 12.1. The molecule has 0 aliphatic rings. The molecule has 1 atom stereocenters. The highest BCUT2D eigenvalue weighted by Crippen LogP contribution is 2.39. The van der Waals surface area contributed by atoms with E-state index in [1.807, 2.05) is 36.4 Å². The monoisotopic (exact) mass is 334 g/mol. The lowest BCUT2D eigenvalue weighted by Crippen LogP contribution is -2.25. The molecular weight excluding hydrogens is 315 g/mol. The van der Waals surface area contributed by atoms with Crippen molar-refractivity contribution in [2.75, 3.05) is 7.11 Å². The third-order valence-electron chi connectivity index (χ3n) is 4.71. The summed E-state index contributed by atoms with van der Waals surface area (Å²) in [6, 6.07) is 21.9. The van der Waals surface area contributed by atoms with Crippen LogP contribution in [-0.4, -0.2) is 13.4 Å². The van der Waals surface area contributed by atoms with Crippen LogP contribution in [-0.2, 0) is 5.41 Å². The van der Waals surface area contributed by atoms with Gasteiger partial charge in [-0.1, -0.05) is 48.5 Å². The normalized spacial score (nSPS) is 13.1. The Morgan fingerprint density at radius 1 is 0.800 bits per heavy atom. The highest BCUT2D eigenvalue weighted by molar-refractivity contribution is 5.75. The minimum atomic E-state index is -0.485. The van der Waals surface area contributed by atoms with Gasteiger partial charge in [0.25, 0.3) is 0 Å². The van der Waals surface area contributed by atoms with Crippen LogP contribution >= 0.6 is 0 Å². The number of carbonyl (C=O) groups excluding carboxylic acids is 1. The average molecular weight is 334 g/mol. The Morgan fingerprint density at radius 2 is 1.24 bits per heavy atom. The van der Waals surface area contributed by atoms with E-state index in [-0.39, 0.29) is 5.82 Å². The summed E-state index contributed by atoms with van der Waals surface area (Å²) in [7, 11) is 1.63. The number of aldehydes is 1. The van der Waals surface area contributed by atoms with Crippen molar-refractivity contribution in [1.82, 2.24) is 0 Å². The van der Waals surface area contributed by atoms with Gasteiger partial charge in [0.1, 0.15) is 17.9 Å². The van der Waals surface area contributed by atoms with Crippen LogP contribution in [0.3, 0.4) is 0 Å². The van der Waals surface area contributed by atoms with Crippen LogP contribution in [0.15, 0.2) is 72.8 Å². The number of methoxy groups -OCH3 is 1. The molecule has 126 valence electrons. The molecule has 0 saturated heterocycles. The van der Waals surface area contributed by atoms with Crippen molar-refractivity contribution in [2.45, 2.75) is 12.3 Å². The van der Waals surface area contributed by atoms with Gasteiger partial charge in [-0.3, -0.25) is 4.79 Å². The maximum absolute atomic E-state index is 13.4. The number of rotatable bonds is 5. The molecule has 25 heavy (non-hydrogen) atoms. The van der Waals surface area contributed by atoms with Gasteiger partial charge < -0.3 is 4.74 Å².